The molecule has 0 aliphatic heterocycles. The van der Waals surface area contributed by atoms with Crippen LogP contribution in [0.3, 0.4) is 0 Å². The molecule has 43 heavy (non-hydrogen) atoms. The minimum Gasteiger partial charge on any atom is -0.352 e. The number of nitrogens with zero attached hydrogens (tertiary/aromatic N) is 2. The van der Waals surface area contributed by atoms with E-state index >= 15 is 0 Å². The maximum atomic E-state index is 14.0. The molecule has 1 saturated carbocycles. The molecule has 4 rings (SSSR count). The van der Waals surface area contributed by atoms with Gasteiger partial charge in [0.1, 0.15) is 12.6 Å². The molecule has 0 saturated heterocycles. The van der Waals surface area contributed by atoms with Gasteiger partial charge in [0.2, 0.25) is 11.8 Å². The molecule has 3 aromatic carbocycles. The molecular formula is C32H36F3N3O4S. The number of carbonyl (C=O) groups excluding carboxylic acids is 2. The lowest BCUT2D eigenvalue weighted by Crippen LogP contribution is -2.53. The smallest absolute Gasteiger partial charge is 0.352 e. The molecule has 1 N–H and O–H groups in total. The summed E-state index contributed by atoms with van der Waals surface area (Å²) in [5.41, 5.74) is 0.339. The van der Waals surface area contributed by atoms with Gasteiger partial charge in [-0.05, 0) is 62.6 Å². The van der Waals surface area contributed by atoms with Crippen LogP contribution in [0, 0.1) is 6.92 Å². The van der Waals surface area contributed by atoms with Crippen LogP contribution >= 0.6 is 0 Å². The summed E-state index contributed by atoms with van der Waals surface area (Å²) in [5.74, 6) is -1.10. The molecule has 0 spiro atoms. The Morgan fingerprint density at radius 2 is 1.58 bits per heavy atom. The molecule has 1 atom stereocenters. The van der Waals surface area contributed by atoms with E-state index in [1.54, 1.807) is 13.0 Å². The first kappa shape index (κ1) is 32.1. The summed E-state index contributed by atoms with van der Waals surface area (Å²) in [7, 11) is -4.47. The second kappa shape index (κ2) is 13.6. The normalized spacial score (nSPS) is 15.0. The van der Waals surface area contributed by atoms with Crippen LogP contribution < -0.4 is 9.62 Å². The Kier molecular flexibility index (Phi) is 10.2. The van der Waals surface area contributed by atoms with Gasteiger partial charge in [0.15, 0.2) is 0 Å². The van der Waals surface area contributed by atoms with E-state index in [2.05, 4.69) is 5.32 Å². The molecular weight excluding hydrogens is 579 g/mol. The fourth-order valence-corrected chi connectivity index (χ4v) is 6.55. The van der Waals surface area contributed by atoms with E-state index in [4.69, 9.17) is 0 Å². The van der Waals surface area contributed by atoms with E-state index in [-0.39, 0.29) is 29.1 Å². The van der Waals surface area contributed by atoms with Crippen LogP contribution in [-0.4, -0.2) is 43.8 Å². The molecule has 0 bridgehead atoms. The van der Waals surface area contributed by atoms with Crippen molar-refractivity contribution in [3.63, 3.8) is 0 Å². The lowest BCUT2D eigenvalue weighted by Gasteiger charge is -2.33. The van der Waals surface area contributed by atoms with Crippen LogP contribution in [0.2, 0.25) is 0 Å². The molecule has 0 heterocycles. The second-order valence-corrected chi connectivity index (χ2v) is 12.8. The maximum Gasteiger partial charge on any atom is 0.416 e. The summed E-state index contributed by atoms with van der Waals surface area (Å²) >= 11 is 0. The van der Waals surface area contributed by atoms with Gasteiger partial charge in [-0.3, -0.25) is 13.9 Å². The zero-order valence-electron chi connectivity index (χ0n) is 24.2. The van der Waals surface area contributed by atoms with Gasteiger partial charge in [-0.25, -0.2) is 8.42 Å². The molecule has 230 valence electrons. The van der Waals surface area contributed by atoms with E-state index in [0.29, 0.717) is 15.9 Å². The van der Waals surface area contributed by atoms with Crippen LogP contribution in [0.4, 0.5) is 18.9 Å². The Morgan fingerprint density at radius 3 is 2.21 bits per heavy atom. The summed E-state index contributed by atoms with van der Waals surface area (Å²) < 4.78 is 69.1. The molecule has 2 amide bonds. The largest absolute Gasteiger partial charge is 0.416 e. The van der Waals surface area contributed by atoms with Crippen molar-refractivity contribution in [2.75, 3.05) is 10.8 Å². The summed E-state index contributed by atoms with van der Waals surface area (Å²) in [6, 6.07) is 17.4. The maximum absolute atomic E-state index is 14.0. The highest BCUT2D eigenvalue weighted by atomic mass is 32.2. The highest BCUT2D eigenvalue weighted by Gasteiger charge is 2.35. The van der Waals surface area contributed by atoms with Crippen molar-refractivity contribution in [2.24, 2.45) is 0 Å². The molecule has 0 aromatic heterocycles. The van der Waals surface area contributed by atoms with Crippen molar-refractivity contribution in [2.45, 2.75) is 75.7 Å². The lowest BCUT2D eigenvalue weighted by molar-refractivity contribution is -0.139. The fourth-order valence-electron chi connectivity index (χ4n) is 5.13. The molecule has 3 aromatic rings. The van der Waals surface area contributed by atoms with Crippen molar-refractivity contribution in [1.82, 2.24) is 10.2 Å². The van der Waals surface area contributed by atoms with Crippen LogP contribution in [0.1, 0.15) is 55.7 Å². The topological polar surface area (TPSA) is 86.8 Å². The van der Waals surface area contributed by atoms with Gasteiger partial charge in [-0.1, -0.05) is 73.4 Å². The molecule has 1 fully saturated rings. The van der Waals surface area contributed by atoms with Crippen LogP contribution in [0.25, 0.3) is 0 Å². The molecule has 1 aliphatic carbocycles. The number of alkyl halides is 3. The second-order valence-electron chi connectivity index (χ2n) is 10.9. The molecule has 0 unspecified atom stereocenters. The monoisotopic (exact) mass is 615 g/mol. The summed E-state index contributed by atoms with van der Waals surface area (Å²) in [5, 5.41) is 3.02. The SMILES string of the molecule is Cc1ccc(CN(C(=O)CN(c2cccc(C(F)(F)F)c2)S(=O)(=O)c2ccccc2)[C@H](C)C(=O)NC2CCCCC2)cc1. The zero-order chi connectivity index (χ0) is 31.2. The van der Waals surface area contributed by atoms with E-state index < -0.39 is 40.3 Å². The van der Waals surface area contributed by atoms with Crippen molar-refractivity contribution in [3.8, 4) is 0 Å². The van der Waals surface area contributed by atoms with Gasteiger partial charge in [-0.2, -0.15) is 13.2 Å². The number of rotatable bonds is 10. The third-order valence-electron chi connectivity index (χ3n) is 7.66. The summed E-state index contributed by atoms with van der Waals surface area (Å²) in [6.45, 7) is 2.67. The average molecular weight is 616 g/mol. The fraction of sp³-hybridized carbons (Fsp3) is 0.375. The number of aryl methyl sites for hydroxylation is 1. The number of carbonyl (C=O) groups is 2. The minimum absolute atomic E-state index is 0.000181. The molecule has 7 nitrogen and oxygen atoms in total. The van der Waals surface area contributed by atoms with E-state index in [9.17, 15) is 31.2 Å². The minimum atomic E-state index is -4.73. The van der Waals surface area contributed by atoms with Crippen LogP contribution in [0.5, 0.6) is 0 Å². The number of sulfonamides is 1. The Morgan fingerprint density at radius 1 is 0.930 bits per heavy atom. The van der Waals surface area contributed by atoms with Crippen LogP contribution in [-0.2, 0) is 32.3 Å². The predicted octanol–water partition coefficient (Wildman–Crippen LogP) is 6.08. The van der Waals surface area contributed by atoms with E-state index in [0.717, 1.165) is 49.8 Å². The van der Waals surface area contributed by atoms with Gasteiger partial charge in [-0.15, -0.1) is 0 Å². The summed E-state index contributed by atoms with van der Waals surface area (Å²) in [4.78, 5) is 28.5. The molecule has 0 radical (unpaired) electrons. The van der Waals surface area contributed by atoms with Gasteiger partial charge in [0.05, 0.1) is 16.1 Å². The number of anilines is 1. The highest BCUT2D eigenvalue weighted by Crippen LogP contribution is 2.33. The standard InChI is InChI=1S/C32H36F3N3O4S/c1-23-16-18-25(19-17-23)21-37(24(2)31(40)36-27-11-5-3-6-12-27)30(39)22-38(43(41,42)29-14-7-4-8-15-29)28-13-9-10-26(20-28)32(33,34)35/h4,7-10,13-20,24,27H,3,5-6,11-12,21-22H2,1-2H3,(H,36,40)/t24-/m1/s1. The quantitative estimate of drug-likeness (QED) is 0.300. The van der Waals surface area contributed by atoms with Crippen molar-refractivity contribution >= 4 is 27.5 Å². The number of benzene rings is 3. The Labute approximate surface area is 250 Å². The van der Waals surface area contributed by atoms with Crippen molar-refractivity contribution < 1.29 is 31.2 Å². The van der Waals surface area contributed by atoms with E-state index in [1.165, 1.54) is 35.2 Å². The molecule has 11 heteroatoms. The number of nitrogens with one attached hydrogen (secondary N) is 1. The third kappa shape index (κ3) is 8.16. The van der Waals surface area contributed by atoms with Gasteiger partial charge in [0.25, 0.3) is 10.0 Å². The average Bonchev–Trinajstić information content (AvgIpc) is 2.99. The number of hydrogen-bond acceptors (Lipinski definition) is 4. The van der Waals surface area contributed by atoms with E-state index in [1.807, 2.05) is 31.2 Å². The van der Waals surface area contributed by atoms with Gasteiger partial charge in [0, 0.05) is 12.6 Å². The predicted molar refractivity (Wildman–Crippen MR) is 159 cm³/mol. The van der Waals surface area contributed by atoms with Crippen molar-refractivity contribution in [3.05, 3.63) is 95.6 Å². The first-order valence-corrected chi connectivity index (χ1v) is 15.7. The summed E-state index contributed by atoms with van der Waals surface area (Å²) in [6.07, 6.45) is 0.0297. The zero-order valence-corrected chi connectivity index (χ0v) is 25.0. The Bertz CT molecular complexity index is 1510. The lowest BCUT2D eigenvalue weighted by atomic mass is 9.95. The third-order valence-corrected chi connectivity index (χ3v) is 9.45. The first-order valence-electron chi connectivity index (χ1n) is 14.3. The first-order chi connectivity index (χ1) is 20.4. The number of hydrogen-bond donors (Lipinski definition) is 1. The van der Waals surface area contributed by atoms with Gasteiger partial charge < -0.3 is 10.2 Å². The van der Waals surface area contributed by atoms with Gasteiger partial charge >= 0.3 is 6.18 Å². The number of halogens is 3. The Balaban J connectivity index is 1.71. The Hall–Kier alpha value is -3.86. The highest BCUT2D eigenvalue weighted by molar-refractivity contribution is 7.92. The van der Waals surface area contributed by atoms with Crippen molar-refractivity contribution in [1.29, 1.82) is 0 Å². The molecule has 1 aliphatic rings. The van der Waals surface area contributed by atoms with Crippen LogP contribution in [0.15, 0.2) is 83.8 Å². The number of amides is 2.